The van der Waals surface area contributed by atoms with Gasteiger partial charge in [0.05, 0.1) is 17.8 Å². The Balaban J connectivity index is 2.20. The van der Waals surface area contributed by atoms with Crippen LogP contribution < -0.4 is 5.32 Å². The maximum absolute atomic E-state index is 5.22. The highest BCUT2D eigenvalue weighted by atomic mass is 16.7. The van der Waals surface area contributed by atoms with Gasteiger partial charge in [-0.05, 0) is 19.1 Å². The maximum atomic E-state index is 5.22. The van der Waals surface area contributed by atoms with Crippen molar-refractivity contribution in [2.24, 2.45) is 0 Å². The average molecular weight is 235 g/mol. The van der Waals surface area contributed by atoms with Gasteiger partial charge in [0.2, 0.25) is 0 Å². The Morgan fingerprint density at radius 3 is 2.76 bits per heavy atom. The Labute approximate surface area is 100 Å². The number of benzene rings is 1. The first-order valence-corrected chi connectivity index (χ1v) is 5.50. The number of nitrogens with zero attached hydrogens (tertiary/aromatic N) is 1. The van der Waals surface area contributed by atoms with Crippen LogP contribution in [0.3, 0.4) is 0 Å². The van der Waals surface area contributed by atoms with Gasteiger partial charge < -0.3 is 14.8 Å². The van der Waals surface area contributed by atoms with Crippen molar-refractivity contribution in [3.63, 3.8) is 0 Å². The Kier molecular flexibility index (Phi) is 3.61. The summed E-state index contributed by atoms with van der Waals surface area (Å²) in [6, 6.07) is 6.02. The molecule has 1 aromatic carbocycles. The number of hydrogen-bond acceptors (Lipinski definition) is 4. The molecule has 92 valence electrons. The summed E-state index contributed by atoms with van der Waals surface area (Å²) in [4.78, 5) is 0. The normalized spacial score (nSPS) is 13.2. The zero-order chi connectivity index (χ0) is 12.3. The third kappa shape index (κ3) is 2.40. The van der Waals surface area contributed by atoms with Crippen LogP contribution in [0.2, 0.25) is 0 Å². The standard InChI is InChI=1S/C12H17N3O2/c1-8(12(16-2)17-3)14-10-5-4-6-11-9(10)7-13-15-11/h4-8,12,14H,1-3H3,(H,13,15). The molecule has 0 saturated carbocycles. The number of nitrogens with one attached hydrogen (secondary N) is 2. The molecule has 1 aromatic heterocycles. The molecule has 2 rings (SSSR count). The Morgan fingerprint density at radius 1 is 1.29 bits per heavy atom. The molecule has 0 bridgehead atoms. The van der Waals surface area contributed by atoms with Crippen LogP contribution in [-0.4, -0.2) is 36.7 Å². The van der Waals surface area contributed by atoms with Gasteiger partial charge in [0.15, 0.2) is 6.29 Å². The number of methoxy groups -OCH3 is 2. The maximum Gasteiger partial charge on any atom is 0.176 e. The van der Waals surface area contributed by atoms with E-state index in [1.54, 1.807) is 20.4 Å². The predicted octanol–water partition coefficient (Wildman–Crippen LogP) is 1.98. The molecule has 1 atom stereocenters. The summed E-state index contributed by atoms with van der Waals surface area (Å²) in [5.74, 6) is 0. The number of rotatable bonds is 5. The van der Waals surface area contributed by atoms with Gasteiger partial charge in [-0.2, -0.15) is 5.10 Å². The van der Waals surface area contributed by atoms with Crippen LogP contribution in [0.5, 0.6) is 0 Å². The topological polar surface area (TPSA) is 59.2 Å². The SMILES string of the molecule is COC(OC)C(C)Nc1cccc2[nH]ncc12. The van der Waals surface area contributed by atoms with Crippen molar-refractivity contribution in [2.75, 3.05) is 19.5 Å². The lowest BCUT2D eigenvalue weighted by Gasteiger charge is -2.23. The zero-order valence-electron chi connectivity index (χ0n) is 10.2. The second kappa shape index (κ2) is 5.16. The van der Waals surface area contributed by atoms with Crippen molar-refractivity contribution in [2.45, 2.75) is 19.3 Å². The van der Waals surface area contributed by atoms with Crippen molar-refractivity contribution in [1.82, 2.24) is 10.2 Å². The van der Waals surface area contributed by atoms with Crippen molar-refractivity contribution in [1.29, 1.82) is 0 Å². The van der Waals surface area contributed by atoms with Crippen LogP contribution in [-0.2, 0) is 9.47 Å². The largest absolute Gasteiger partial charge is 0.377 e. The summed E-state index contributed by atoms with van der Waals surface area (Å²) in [5.41, 5.74) is 2.02. The van der Waals surface area contributed by atoms with Crippen LogP contribution in [0.1, 0.15) is 6.92 Å². The van der Waals surface area contributed by atoms with Crippen molar-refractivity contribution in [3.05, 3.63) is 24.4 Å². The van der Waals surface area contributed by atoms with Crippen molar-refractivity contribution in [3.8, 4) is 0 Å². The van der Waals surface area contributed by atoms with Crippen LogP contribution in [0, 0.1) is 0 Å². The number of aromatic amines is 1. The molecule has 0 aliphatic rings. The van der Waals surface area contributed by atoms with Crippen molar-refractivity contribution >= 4 is 16.6 Å². The second-order valence-electron chi connectivity index (χ2n) is 3.91. The lowest BCUT2D eigenvalue weighted by molar-refractivity contribution is -0.109. The first-order valence-electron chi connectivity index (χ1n) is 5.50. The van der Waals surface area contributed by atoms with Gasteiger partial charge in [0, 0.05) is 25.3 Å². The molecule has 0 saturated heterocycles. The third-order valence-corrected chi connectivity index (χ3v) is 2.74. The molecular formula is C12H17N3O2. The van der Waals surface area contributed by atoms with Gasteiger partial charge in [-0.25, -0.2) is 0 Å². The number of fused-ring (bicyclic) bond motifs is 1. The number of anilines is 1. The number of aromatic nitrogens is 2. The summed E-state index contributed by atoms with van der Waals surface area (Å²) < 4.78 is 10.4. The van der Waals surface area contributed by atoms with Gasteiger partial charge in [-0.15, -0.1) is 0 Å². The van der Waals surface area contributed by atoms with Crippen molar-refractivity contribution < 1.29 is 9.47 Å². The van der Waals surface area contributed by atoms with Crippen LogP contribution in [0.15, 0.2) is 24.4 Å². The molecule has 0 aliphatic carbocycles. The summed E-state index contributed by atoms with van der Waals surface area (Å²) >= 11 is 0. The van der Waals surface area contributed by atoms with E-state index in [-0.39, 0.29) is 12.3 Å². The quantitative estimate of drug-likeness (QED) is 0.778. The fraction of sp³-hybridized carbons (Fsp3) is 0.417. The molecule has 0 spiro atoms. The van der Waals surface area contributed by atoms with Crippen LogP contribution in [0.4, 0.5) is 5.69 Å². The van der Waals surface area contributed by atoms with Gasteiger partial charge in [-0.3, -0.25) is 5.10 Å². The van der Waals surface area contributed by atoms with E-state index in [1.807, 2.05) is 25.1 Å². The van der Waals surface area contributed by atoms with E-state index in [9.17, 15) is 0 Å². The molecule has 1 heterocycles. The molecule has 5 nitrogen and oxygen atoms in total. The number of H-pyrrole nitrogens is 1. The Morgan fingerprint density at radius 2 is 2.06 bits per heavy atom. The fourth-order valence-electron chi connectivity index (χ4n) is 1.91. The lowest BCUT2D eigenvalue weighted by Crippen LogP contribution is -2.33. The molecule has 2 aromatic rings. The average Bonchev–Trinajstić information content (AvgIpc) is 2.80. The monoisotopic (exact) mass is 235 g/mol. The zero-order valence-corrected chi connectivity index (χ0v) is 10.2. The highest BCUT2D eigenvalue weighted by molar-refractivity contribution is 5.90. The van der Waals surface area contributed by atoms with Gasteiger partial charge >= 0.3 is 0 Å². The van der Waals surface area contributed by atoms with E-state index in [1.165, 1.54) is 0 Å². The first kappa shape index (κ1) is 11.9. The first-order chi connectivity index (χ1) is 8.26. The number of hydrogen-bond donors (Lipinski definition) is 2. The molecule has 0 fully saturated rings. The molecule has 2 N–H and O–H groups in total. The highest BCUT2D eigenvalue weighted by Crippen LogP contribution is 2.22. The van der Waals surface area contributed by atoms with Crippen LogP contribution >= 0.6 is 0 Å². The van der Waals surface area contributed by atoms with E-state index in [2.05, 4.69) is 15.5 Å². The molecule has 0 radical (unpaired) electrons. The van der Waals surface area contributed by atoms with Gasteiger partial charge in [0.25, 0.3) is 0 Å². The lowest BCUT2D eigenvalue weighted by atomic mass is 10.2. The third-order valence-electron chi connectivity index (χ3n) is 2.74. The molecule has 5 heteroatoms. The highest BCUT2D eigenvalue weighted by Gasteiger charge is 2.16. The molecular weight excluding hydrogens is 218 g/mol. The molecule has 0 aliphatic heterocycles. The number of ether oxygens (including phenoxy) is 2. The van der Waals surface area contributed by atoms with E-state index >= 15 is 0 Å². The molecule has 17 heavy (non-hydrogen) atoms. The second-order valence-corrected chi connectivity index (χ2v) is 3.91. The minimum absolute atomic E-state index is 0.0468. The van der Waals surface area contributed by atoms with E-state index in [0.717, 1.165) is 16.6 Å². The smallest absolute Gasteiger partial charge is 0.176 e. The van der Waals surface area contributed by atoms with Gasteiger partial charge in [0.1, 0.15) is 0 Å². The van der Waals surface area contributed by atoms with E-state index in [4.69, 9.17) is 9.47 Å². The predicted molar refractivity (Wildman–Crippen MR) is 67.0 cm³/mol. The molecule has 0 amide bonds. The van der Waals surface area contributed by atoms with Crippen LogP contribution in [0.25, 0.3) is 10.9 Å². The molecule has 1 unspecified atom stereocenters. The minimum atomic E-state index is -0.280. The summed E-state index contributed by atoms with van der Waals surface area (Å²) in [7, 11) is 3.26. The summed E-state index contributed by atoms with van der Waals surface area (Å²) in [6.45, 7) is 2.01. The Hall–Kier alpha value is -1.59. The minimum Gasteiger partial charge on any atom is -0.377 e. The summed E-state index contributed by atoms with van der Waals surface area (Å²) in [5, 5.41) is 11.4. The van der Waals surface area contributed by atoms with Gasteiger partial charge in [-0.1, -0.05) is 6.07 Å². The summed E-state index contributed by atoms with van der Waals surface area (Å²) in [6.07, 6.45) is 1.52. The fourth-order valence-corrected chi connectivity index (χ4v) is 1.91. The van der Waals surface area contributed by atoms with E-state index < -0.39 is 0 Å². The van der Waals surface area contributed by atoms with E-state index in [0.29, 0.717) is 0 Å². The Bertz CT molecular complexity index is 479.